The van der Waals surface area contributed by atoms with Gasteiger partial charge in [0.1, 0.15) is 11.4 Å². The van der Waals surface area contributed by atoms with Crippen LogP contribution >= 0.6 is 0 Å². The van der Waals surface area contributed by atoms with E-state index in [-0.39, 0.29) is 24.8 Å². The van der Waals surface area contributed by atoms with Crippen molar-refractivity contribution in [3.63, 3.8) is 0 Å². The second-order valence-electron chi connectivity index (χ2n) is 9.53. The third kappa shape index (κ3) is 11.6. The zero-order valence-electron chi connectivity index (χ0n) is 21.3. The molecule has 0 heterocycles. The number of hydrogen-bond donors (Lipinski definition) is 2. The smallest absolute Gasteiger partial charge is 0.307 e. The highest BCUT2D eigenvalue weighted by Crippen LogP contribution is 2.19. The van der Waals surface area contributed by atoms with Crippen LogP contribution in [-0.4, -0.2) is 43.6 Å². The third-order valence-electron chi connectivity index (χ3n) is 5.38. The molecule has 0 saturated heterocycles. The number of methoxy groups -OCH3 is 1. The SMILES string of the molecule is COc1ccc(CCCC(CC(=O)OC(C)(C)C)C(=O)NCC(=O)NCCc2ccccc2)cc1. The summed E-state index contributed by atoms with van der Waals surface area (Å²) in [7, 11) is 1.62. The first-order valence-corrected chi connectivity index (χ1v) is 12.1. The van der Waals surface area contributed by atoms with Crippen molar-refractivity contribution in [2.45, 2.75) is 58.5 Å². The standard InChI is InChI=1S/C28H38N2O5/c1-28(2,3)35-26(32)19-23(12-8-11-22-13-15-24(34-4)16-14-22)27(33)30-20-25(31)29-18-17-21-9-6-5-7-10-21/h5-7,9-10,13-16,23H,8,11-12,17-20H2,1-4H3,(H,29,31)(H,30,33). The lowest BCUT2D eigenvalue weighted by molar-refractivity contribution is -0.157. The fourth-order valence-corrected chi connectivity index (χ4v) is 3.62. The molecule has 7 heteroatoms. The zero-order valence-corrected chi connectivity index (χ0v) is 21.3. The van der Waals surface area contributed by atoms with Crippen molar-refractivity contribution in [2.24, 2.45) is 5.92 Å². The first-order chi connectivity index (χ1) is 16.7. The Kier molecular flexibility index (Phi) is 11.3. The van der Waals surface area contributed by atoms with Crippen LogP contribution in [0.15, 0.2) is 54.6 Å². The average Bonchev–Trinajstić information content (AvgIpc) is 2.82. The molecule has 0 radical (unpaired) electrons. The van der Waals surface area contributed by atoms with Gasteiger partial charge in [0.2, 0.25) is 11.8 Å². The van der Waals surface area contributed by atoms with E-state index in [2.05, 4.69) is 10.6 Å². The molecule has 0 aliphatic heterocycles. The second-order valence-corrected chi connectivity index (χ2v) is 9.53. The van der Waals surface area contributed by atoms with E-state index in [0.717, 1.165) is 29.7 Å². The topological polar surface area (TPSA) is 93.7 Å². The molecule has 190 valence electrons. The normalized spacial score (nSPS) is 11.9. The molecular weight excluding hydrogens is 444 g/mol. The zero-order chi connectivity index (χ0) is 25.7. The number of carbonyl (C=O) groups excluding carboxylic acids is 3. The van der Waals surface area contributed by atoms with Crippen molar-refractivity contribution >= 4 is 17.8 Å². The maximum Gasteiger partial charge on any atom is 0.307 e. The predicted molar refractivity (Wildman–Crippen MR) is 136 cm³/mol. The lowest BCUT2D eigenvalue weighted by Crippen LogP contribution is -2.41. The van der Waals surface area contributed by atoms with Gasteiger partial charge in [-0.3, -0.25) is 14.4 Å². The Balaban J connectivity index is 1.85. The predicted octanol–water partition coefficient (Wildman–Crippen LogP) is 3.84. The van der Waals surface area contributed by atoms with Gasteiger partial charge in [0.05, 0.1) is 20.1 Å². The molecule has 1 unspecified atom stereocenters. The Morgan fingerprint density at radius 1 is 0.886 bits per heavy atom. The van der Waals surface area contributed by atoms with Crippen molar-refractivity contribution < 1.29 is 23.9 Å². The molecule has 2 amide bonds. The van der Waals surface area contributed by atoms with Gasteiger partial charge in [0.25, 0.3) is 0 Å². The van der Waals surface area contributed by atoms with Crippen LogP contribution < -0.4 is 15.4 Å². The van der Waals surface area contributed by atoms with Crippen LogP contribution in [-0.2, 0) is 32.0 Å². The lowest BCUT2D eigenvalue weighted by atomic mass is 9.95. The molecule has 0 aromatic heterocycles. The molecule has 0 aliphatic carbocycles. The molecule has 0 fully saturated rings. The molecule has 2 N–H and O–H groups in total. The summed E-state index contributed by atoms with van der Waals surface area (Å²) in [6.07, 6.45) is 2.68. The molecule has 2 rings (SSSR count). The summed E-state index contributed by atoms with van der Waals surface area (Å²) in [5.41, 5.74) is 1.63. The molecule has 0 bridgehead atoms. The van der Waals surface area contributed by atoms with E-state index < -0.39 is 17.5 Å². The van der Waals surface area contributed by atoms with Gasteiger partial charge in [0, 0.05) is 12.5 Å². The quantitative estimate of drug-likeness (QED) is 0.423. The number of hydrogen-bond acceptors (Lipinski definition) is 5. The van der Waals surface area contributed by atoms with Crippen molar-refractivity contribution in [3.8, 4) is 5.75 Å². The molecule has 0 spiro atoms. The van der Waals surface area contributed by atoms with Gasteiger partial charge in [-0.25, -0.2) is 0 Å². The third-order valence-corrected chi connectivity index (χ3v) is 5.38. The minimum atomic E-state index is -0.625. The van der Waals surface area contributed by atoms with Crippen molar-refractivity contribution in [1.82, 2.24) is 10.6 Å². The minimum absolute atomic E-state index is 0.0264. The number of ether oxygens (including phenoxy) is 2. The van der Waals surface area contributed by atoms with Crippen molar-refractivity contribution in [2.75, 3.05) is 20.2 Å². The Labute approximate surface area is 208 Å². The van der Waals surface area contributed by atoms with Crippen LogP contribution in [0.4, 0.5) is 0 Å². The van der Waals surface area contributed by atoms with Gasteiger partial charge < -0.3 is 20.1 Å². The Morgan fingerprint density at radius 3 is 2.17 bits per heavy atom. The van der Waals surface area contributed by atoms with Crippen molar-refractivity contribution in [1.29, 1.82) is 0 Å². The molecule has 0 aliphatic rings. The Hall–Kier alpha value is -3.35. The highest BCUT2D eigenvalue weighted by Gasteiger charge is 2.25. The van der Waals surface area contributed by atoms with Gasteiger partial charge in [-0.05, 0) is 69.7 Å². The molecule has 0 saturated carbocycles. The molecular formula is C28H38N2O5. The summed E-state index contributed by atoms with van der Waals surface area (Å²) in [5, 5.41) is 5.50. The summed E-state index contributed by atoms with van der Waals surface area (Å²) < 4.78 is 10.6. The fraction of sp³-hybridized carbons (Fsp3) is 0.464. The summed E-state index contributed by atoms with van der Waals surface area (Å²) in [6, 6.07) is 17.6. The van der Waals surface area contributed by atoms with Crippen LogP contribution in [0.25, 0.3) is 0 Å². The molecule has 2 aromatic rings. The van der Waals surface area contributed by atoms with Crippen molar-refractivity contribution in [3.05, 3.63) is 65.7 Å². The number of carbonyl (C=O) groups is 3. The van der Waals surface area contributed by atoms with E-state index in [0.29, 0.717) is 19.4 Å². The summed E-state index contributed by atoms with van der Waals surface area (Å²) in [5.74, 6) is -0.778. The maximum absolute atomic E-state index is 12.9. The number of aryl methyl sites for hydroxylation is 1. The number of esters is 1. The first-order valence-electron chi connectivity index (χ1n) is 12.1. The van der Waals surface area contributed by atoms with Crippen LogP contribution in [0.1, 0.15) is 51.2 Å². The second kappa shape index (κ2) is 14.1. The monoisotopic (exact) mass is 482 g/mol. The van der Waals surface area contributed by atoms with E-state index >= 15 is 0 Å². The summed E-state index contributed by atoms with van der Waals surface area (Å²) in [4.78, 5) is 37.4. The fourth-order valence-electron chi connectivity index (χ4n) is 3.62. The summed E-state index contributed by atoms with van der Waals surface area (Å²) >= 11 is 0. The minimum Gasteiger partial charge on any atom is -0.497 e. The van der Waals surface area contributed by atoms with Crippen LogP contribution in [0, 0.1) is 5.92 Å². The van der Waals surface area contributed by atoms with Gasteiger partial charge in [-0.2, -0.15) is 0 Å². The molecule has 7 nitrogen and oxygen atoms in total. The van der Waals surface area contributed by atoms with E-state index in [1.165, 1.54) is 0 Å². The highest BCUT2D eigenvalue weighted by molar-refractivity contribution is 5.88. The first kappa shape index (κ1) is 27.9. The molecule has 35 heavy (non-hydrogen) atoms. The Bertz CT molecular complexity index is 936. The number of nitrogens with one attached hydrogen (secondary N) is 2. The molecule has 2 aromatic carbocycles. The average molecular weight is 483 g/mol. The van der Waals surface area contributed by atoms with Gasteiger partial charge >= 0.3 is 5.97 Å². The van der Waals surface area contributed by atoms with Crippen LogP contribution in [0.2, 0.25) is 0 Å². The summed E-state index contributed by atoms with van der Waals surface area (Å²) in [6.45, 7) is 5.75. The highest BCUT2D eigenvalue weighted by atomic mass is 16.6. The van der Waals surface area contributed by atoms with Gasteiger partial charge in [0.15, 0.2) is 0 Å². The van der Waals surface area contributed by atoms with Gasteiger partial charge in [-0.15, -0.1) is 0 Å². The maximum atomic E-state index is 12.9. The number of rotatable bonds is 13. The largest absolute Gasteiger partial charge is 0.497 e. The van der Waals surface area contributed by atoms with Gasteiger partial charge in [-0.1, -0.05) is 42.5 Å². The number of amides is 2. The Morgan fingerprint density at radius 2 is 1.54 bits per heavy atom. The van der Waals surface area contributed by atoms with E-state index in [1.807, 2.05) is 54.6 Å². The lowest BCUT2D eigenvalue weighted by Gasteiger charge is -2.22. The van der Waals surface area contributed by atoms with E-state index in [9.17, 15) is 14.4 Å². The molecule has 1 atom stereocenters. The van der Waals surface area contributed by atoms with E-state index in [1.54, 1.807) is 27.9 Å². The number of benzene rings is 2. The van der Waals surface area contributed by atoms with Crippen LogP contribution in [0.3, 0.4) is 0 Å². The van der Waals surface area contributed by atoms with Crippen LogP contribution in [0.5, 0.6) is 5.75 Å². The van der Waals surface area contributed by atoms with E-state index in [4.69, 9.17) is 9.47 Å².